The molecule has 0 aliphatic rings. The lowest BCUT2D eigenvalue weighted by Gasteiger charge is -2.11. The van der Waals surface area contributed by atoms with Crippen LogP contribution in [0.1, 0.15) is 43.1 Å². The Bertz CT molecular complexity index is 975. The number of aromatic nitrogens is 3. The highest BCUT2D eigenvalue weighted by Gasteiger charge is 2.12. The van der Waals surface area contributed by atoms with Crippen LogP contribution in [-0.4, -0.2) is 33.5 Å². The van der Waals surface area contributed by atoms with Crippen LogP contribution < -0.4 is 10.1 Å². The number of amides is 1. The molecule has 1 amide bonds. The average molecular weight is 453 g/mol. The second-order valence-electron chi connectivity index (χ2n) is 7.51. The molecule has 6 nitrogen and oxygen atoms in total. The summed E-state index contributed by atoms with van der Waals surface area (Å²) in [7, 11) is 1.64. The van der Waals surface area contributed by atoms with Gasteiger partial charge in [-0.3, -0.25) is 4.79 Å². The molecule has 0 fully saturated rings. The number of hydrogen-bond acceptors (Lipinski definition) is 5. The second kappa shape index (κ2) is 12.9. The quantitative estimate of drug-likeness (QED) is 0.301. The molecule has 0 radical (unpaired) electrons. The minimum Gasteiger partial charge on any atom is -0.496 e. The van der Waals surface area contributed by atoms with Crippen molar-refractivity contribution in [2.45, 2.75) is 57.3 Å². The molecule has 0 bridgehead atoms. The zero-order chi connectivity index (χ0) is 22.6. The third-order valence-corrected chi connectivity index (χ3v) is 6.11. The maximum atomic E-state index is 12.3. The van der Waals surface area contributed by atoms with Crippen LogP contribution >= 0.6 is 11.8 Å². The predicted octanol–water partition coefficient (Wildman–Crippen LogP) is 4.67. The summed E-state index contributed by atoms with van der Waals surface area (Å²) in [6, 6.07) is 18.2. The van der Waals surface area contributed by atoms with Crippen LogP contribution in [0.25, 0.3) is 0 Å². The molecule has 2 aromatic carbocycles. The second-order valence-corrected chi connectivity index (χ2v) is 8.75. The van der Waals surface area contributed by atoms with E-state index in [2.05, 4.69) is 51.3 Å². The largest absolute Gasteiger partial charge is 0.496 e. The van der Waals surface area contributed by atoms with Gasteiger partial charge in [0, 0.05) is 31.5 Å². The lowest BCUT2D eigenvalue weighted by molar-refractivity contribution is -0.121. The van der Waals surface area contributed by atoms with Gasteiger partial charge in [-0.2, -0.15) is 0 Å². The van der Waals surface area contributed by atoms with Gasteiger partial charge in [0.1, 0.15) is 11.6 Å². The Morgan fingerprint density at radius 1 is 1.03 bits per heavy atom. The van der Waals surface area contributed by atoms with Gasteiger partial charge in [-0.15, -0.1) is 10.2 Å². The van der Waals surface area contributed by atoms with Crippen LogP contribution in [0.5, 0.6) is 5.75 Å². The summed E-state index contributed by atoms with van der Waals surface area (Å²) < 4.78 is 7.57. The van der Waals surface area contributed by atoms with Crippen LogP contribution in [0.3, 0.4) is 0 Å². The summed E-state index contributed by atoms with van der Waals surface area (Å²) in [4.78, 5) is 12.3. The van der Waals surface area contributed by atoms with Gasteiger partial charge in [-0.1, -0.05) is 67.2 Å². The van der Waals surface area contributed by atoms with E-state index in [1.165, 1.54) is 5.56 Å². The number of benzene rings is 2. The number of carbonyl (C=O) groups is 1. The zero-order valence-electron chi connectivity index (χ0n) is 18.9. The number of nitrogens with one attached hydrogen (secondary N) is 1. The summed E-state index contributed by atoms with van der Waals surface area (Å²) in [5, 5.41) is 12.8. The standard InChI is InChI=1S/C25H32N4O2S/c1-3-32-25-28-27-23(29(25)18-17-20-11-5-4-6-12-20)15-9-10-16-24(30)26-19-21-13-7-8-14-22(21)31-2/h4-8,11-14H,3,9-10,15-19H2,1-2H3,(H,26,30). The molecule has 0 aliphatic heterocycles. The number of rotatable bonds is 13. The van der Waals surface area contributed by atoms with E-state index in [4.69, 9.17) is 4.74 Å². The normalized spacial score (nSPS) is 10.8. The van der Waals surface area contributed by atoms with E-state index in [1.54, 1.807) is 18.9 Å². The van der Waals surface area contributed by atoms with Crippen molar-refractivity contribution < 1.29 is 9.53 Å². The number of thioether (sulfide) groups is 1. The number of carbonyl (C=O) groups excluding carboxylic acids is 1. The molecule has 0 saturated heterocycles. The lowest BCUT2D eigenvalue weighted by Crippen LogP contribution is -2.22. The van der Waals surface area contributed by atoms with Crippen molar-refractivity contribution in [1.29, 1.82) is 0 Å². The number of para-hydroxylation sites is 1. The van der Waals surface area contributed by atoms with E-state index in [-0.39, 0.29) is 5.91 Å². The van der Waals surface area contributed by atoms with Crippen LogP contribution in [0.2, 0.25) is 0 Å². The Hall–Kier alpha value is -2.80. The first-order valence-corrected chi connectivity index (χ1v) is 12.2. The minimum atomic E-state index is 0.0590. The van der Waals surface area contributed by atoms with Crippen LogP contribution in [0.4, 0.5) is 0 Å². The van der Waals surface area contributed by atoms with Crippen LogP contribution in [0.15, 0.2) is 59.8 Å². The summed E-state index contributed by atoms with van der Waals surface area (Å²) >= 11 is 1.72. The Morgan fingerprint density at radius 3 is 2.59 bits per heavy atom. The van der Waals surface area contributed by atoms with Crippen molar-refractivity contribution in [3.8, 4) is 5.75 Å². The maximum Gasteiger partial charge on any atom is 0.220 e. The van der Waals surface area contributed by atoms with E-state index in [1.807, 2.05) is 30.3 Å². The van der Waals surface area contributed by atoms with E-state index in [0.29, 0.717) is 13.0 Å². The minimum absolute atomic E-state index is 0.0590. The van der Waals surface area contributed by atoms with Crippen molar-refractivity contribution in [3.63, 3.8) is 0 Å². The monoisotopic (exact) mass is 452 g/mol. The number of aryl methyl sites for hydroxylation is 2. The fourth-order valence-electron chi connectivity index (χ4n) is 3.55. The Labute approximate surface area is 194 Å². The summed E-state index contributed by atoms with van der Waals surface area (Å²) in [6.45, 7) is 3.48. The molecular weight excluding hydrogens is 420 g/mol. The molecule has 0 aliphatic carbocycles. The number of nitrogens with zero attached hydrogens (tertiary/aromatic N) is 3. The smallest absolute Gasteiger partial charge is 0.220 e. The van der Waals surface area contributed by atoms with Crippen molar-refractivity contribution in [3.05, 3.63) is 71.5 Å². The Kier molecular flexibility index (Phi) is 9.62. The zero-order valence-corrected chi connectivity index (χ0v) is 19.7. The van der Waals surface area contributed by atoms with E-state index >= 15 is 0 Å². The molecule has 3 rings (SSSR count). The van der Waals surface area contributed by atoms with Gasteiger partial charge in [0.25, 0.3) is 0 Å². The van der Waals surface area contributed by atoms with Crippen molar-refractivity contribution in [2.24, 2.45) is 0 Å². The molecule has 32 heavy (non-hydrogen) atoms. The third kappa shape index (κ3) is 7.12. The molecule has 1 heterocycles. The van der Waals surface area contributed by atoms with Crippen molar-refractivity contribution >= 4 is 17.7 Å². The molecule has 0 saturated carbocycles. The number of hydrogen-bond donors (Lipinski definition) is 1. The first-order valence-electron chi connectivity index (χ1n) is 11.2. The van der Waals surface area contributed by atoms with E-state index in [9.17, 15) is 4.79 Å². The molecule has 0 spiro atoms. The van der Waals surface area contributed by atoms with Crippen LogP contribution in [0, 0.1) is 0 Å². The fraction of sp³-hybridized carbons (Fsp3) is 0.400. The highest BCUT2D eigenvalue weighted by Crippen LogP contribution is 2.19. The van der Waals surface area contributed by atoms with E-state index in [0.717, 1.165) is 60.3 Å². The first-order chi connectivity index (χ1) is 15.7. The molecule has 1 aromatic heterocycles. The first kappa shape index (κ1) is 23.9. The number of methoxy groups -OCH3 is 1. The summed E-state index contributed by atoms with van der Waals surface area (Å²) in [5.41, 5.74) is 2.29. The molecular formula is C25H32N4O2S. The molecule has 170 valence electrons. The van der Waals surface area contributed by atoms with Gasteiger partial charge in [-0.05, 0) is 36.6 Å². The number of ether oxygens (including phenoxy) is 1. The highest BCUT2D eigenvalue weighted by molar-refractivity contribution is 7.99. The summed E-state index contributed by atoms with van der Waals surface area (Å²) in [6.07, 6.45) is 4.01. The summed E-state index contributed by atoms with van der Waals surface area (Å²) in [5.74, 6) is 2.83. The van der Waals surface area contributed by atoms with Crippen molar-refractivity contribution in [1.82, 2.24) is 20.1 Å². The maximum absolute atomic E-state index is 12.3. The van der Waals surface area contributed by atoms with E-state index < -0.39 is 0 Å². The van der Waals surface area contributed by atoms with Gasteiger partial charge in [0.2, 0.25) is 5.91 Å². The van der Waals surface area contributed by atoms with Gasteiger partial charge in [0.15, 0.2) is 5.16 Å². The van der Waals surface area contributed by atoms with Gasteiger partial charge in [0.05, 0.1) is 7.11 Å². The van der Waals surface area contributed by atoms with Gasteiger partial charge in [-0.25, -0.2) is 0 Å². The molecule has 3 aromatic rings. The Balaban J connectivity index is 1.46. The highest BCUT2D eigenvalue weighted by atomic mass is 32.2. The predicted molar refractivity (Wildman–Crippen MR) is 129 cm³/mol. The topological polar surface area (TPSA) is 69.0 Å². The Morgan fingerprint density at radius 2 is 1.81 bits per heavy atom. The molecule has 1 N–H and O–H groups in total. The fourth-order valence-corrected chi connectivity index (χ4v) is 4.26. The third-order valence-electron chi connectivity index (χ3n) is 5.26. The molecule has 0 unspecified atom stereocenters. The lowest BCUT2D eigenvalue weighted by atomic mass is 10.1. The SMILES string of the molecule is CCSc1nnc(CCCCC(=O)NCc2ccccc2OC)n1CCc1ccccc1. The van der Waals surface area contributed by atoms with Gasteiger partial charge >= 0.3 is 0 Å². The molecule has 7 heteroatoms. The number of unbranched alkanes of at least 4 members (excludes halogenated alkanes) is 1. The van der Waals surface area contributed by atoms with Gasteiger partial charge < -0.3 is 14.6 Å². The average Bonchev–Trinajstić information content (AvgIpc) is 3.21. The molecule has 0 atom stereocenters. The van der Waals surface area contributed by atoms with Crippen LogP contribution in [-0.2, 0) is 30.7 Å². The van der Waals surface area contributed by atoms with Crippen molar-refractivity contribution in [2.75, 3.05) is 12.9 Å².